The number of fused-ring (bicyclic) bond motifs is 1. The first-order valence-corrected chi connectivity index (χ1v) is 10.5. The van der Waals surface area contributed by atoms with Gasteiger partial charge in [-0.25, -0.2) is 4.79 Å². The Hall–Kier alpha value is -2.34. The summed E-state index contributed by atoms with van der Waals surface area (Å²) in [6, 6.07) is 6.03. The van der Waals surface area contributed by atoms with Gasteiger partial charge in [-0.3, -0.25) is 4.79 Å². The molecule has 2 aromatic rings. The zero-order valence-electron chi connectivity index (χ0n) is 16.9. The zero-order valence-corrected chi connectivity index (χ0v) is 17.7. The second kappa shape index (κ2) is 8.78. The Morgan fingerprint density at radius 1 is 1.21 bits per heavy atom. The number of methoxy groups -OCH3 is 1. The Kier molecular flexibility index (Phi) is 6.39. The van der Waals surface area contributed by atoms with Gasteiger partial charge in [-0.05, 0) is 61.3 Å². The third kappa shape index (κ3) is 4.38. The van der Waals surface area contributed by atoms with Gasteiger partial charge in [0.25, 0.3) is 5.91 Å². The maximum Gasteiger partial charge on any atom is 0.341 e. The van der Waals surface area contributed by atoms with E-state index in [-0.39, 0.29) is 12.5 Å². The smallest absolute Gasteiger partial charge is 0.341 e. The van der Waals surface area contributed by atoms with Gasteiger partial charge in [0.1, 0.15) is 10.8 Å². The van der Waals surface area contributed by atoms with E-state index in [1.165, 1.54) is 23.3 Å². The molecular weight excluding hydrogens is 374 g/mol. The number of anilines is 1. The fourth-order valence-electron chi connectivity index (χ4n) is 3.52. The van der Waals surface area contributed by atoms with Gasteiger partial charge in [0.05, 0.1) is 12.7 Å². The predicted octanol–water partition coefficient (Wildman–Crippen LogP) is 4.86. The van der Waals surface area contributed by atoms with Crippen LogP contribution in [0.15, 0.2) is 18.2 Å². The van der Waals surface area contributed by atoms with Crippen LogP contribution in [0.25, 0.3) is 0 Å². The van der Waals surface area contributed by atoms with Crippen LogP contribution in [0.2, 0.25) is 0 Å². The van der Waals surface area contributed by atoms with Crippen molar-refractivity contribution in [1.82, 2.24) is 0 Å². The summed E-state index contributed by atoms with van der Waals surface area (Å²) in [5.41, 5.74) is 3.69. The molecule has 0 atom stereocenters. The minimum atomic E-state index is -0.392. The number of hydrogen-bond donors (Lipinski definition) is 1. The lowest BCUT2D eigenvalue weighted by Crippen LogP contribution is -2.21. The molecule has 1 heterocycles. The summed E-state index contributed by atoms with van der Waals surface area (Å²) < 4.78 is 10.8. The average molecular weight is 402 g/mol. The van der Waals surface area contributed by atoms with Crippen LogP contribution in [-0.4, -0.2) is 25.6 Å². The lowest BCUT2D eigenvalue weighted by Gasteiger charge is -2.15. The van der Waals surface area contributed by atoms with Crippen molar-refractivity contribution in [3.63, 3.8) is 0 Å². The van der Waals surface area contributed by atoms with Gasteiger partial charge in [0.2, 0.25) is 0 Å². The van der Waals surface area contributed by atoms with Crippen molar-refractivity contribution in [2.24, 2.45) is 0 Å². The number of carbonyl (C=O) groups excluding carboxylic acids is 2. The monoisotopic (exact) mass is 401 g/mol. The van der Waals surface area contributed by atoms with Crippen LogP contribution < -0.4 is 10.1 Å². The molecule has 1 aromatic heterocycles. The minimum Gasteiger partial charge on any atom is -0.483 e. The molecule has 0 fully saturated rings. The molecule has 0 saturated heterocycles. The fourth-order valence-corrected chi connectivity index (χ4v) is 4.82. The van der Waals surface area contributed by atoms with E-state index >= 15 is 0 Å². The highest BCUT2D eigenvalue weighted by Gasteiger charge is 2.27. The van der Waals surface area contributed by atoms with Crippen molar-refractivity contribution >= 4 is 28.2 Å². The van der Waals surface area contributed by atoms with E-state index in [1.54, 1.807) is 0 Å². The van der Waals surface area contributed by atoms with E-state index in [4.69, 9.17) is 9.47 Å². The van der Waals surface area contributed by atoms with Crippen LogP contribution in [-0.2, 0) is 22.4 Å². The first kappa shape index (κ1) is 20.4. The first-order valence-electron chi connectivity index (χ1n) is 9.66. The van der Waals surface area contributed by atoms with Crippen LogP contribution >= 0.6 is 11.3 Å². The number of aryl methyl sites for hydroxylation is 2. The van der Waals surface area contributed by atoms with E-state index in [0.29, 0.717) is 16.5 Å². The molecule has 3 rings (SSSR count). The molecule has 150 valence electrons. The third-order valence-electron chi connectivity index (χ3n) is 4.96. The van der Waals surface area contributed by atoms with E-state index in [1.807, 2.05) is 25.1 Å². The molecular formula is C22H27NO4S. The van der Waals surface area contributed by atoms with Crippen molar-refractivity contribution in [2.75, 3.05) is 19.0 Å². The number of hydrogen-bond acceptors (Lipinski definition) is 5. The highest BCUT2D eigenvalue weighted by atomic mass is 32.1. The van der Waals surface area contributed by atoms with Gasteiger partial charge in [-0.1, -0.05) is 26.0 Å². The molecule has 28 heavy (non-hydrogen) atoms. The van der Waals surface area contributed by atoms with Gasteiger partial charge >= 0.3 is 5.97 Å². The number of amides is 1. The van der Waals surface area contributed by atoms with Gasteiger partial charge in [0.15, 0.2) is 6.61 Å². The largest absolute Gasteiger partial charge is 0.483 e. The Balaban J connectivity index is 1.75. The summed E-state index contributed by atoms with van der Waals surface area (Å²) in [6.45, 7) is 6.08. The number of ether oxygens (including phenoxy) is 2. The van der Waals surface area contributed by atoms with Crippen molar-refractivity contribution in [3.8, 4) is 5.75 Å². The third-order valence-corrected chi connectivity index (χ3v) is 6.17. The van der Waals surface area contributed by atoms with E-state index in [0.717, 1.165) is 48.1 Å². The highest BCUT2D eigenvalue weighted by Crippen LogP contribution is 2.38. The number of thiophene rings is 1. The standard InChI is InChI=1S/C22H27NO4S/c1-13(2)15-10-9-14(3)11-17(15)27-12-19(24)23-21-20(22(25)26-4)16-7-5-6-8-18(16)28-21/h9-11,13H,5-8,12H2,1-4H3,(H,23,24). The maximum atomic E-state index is 12.5. The van der Waals surface area contributed by atoms with Crippen LogP contribution in [0.3, 0.4) is 0 Å². The van der Waals surface area contributed by atoms with Crippen LogP contribution in [0, 0.1) is 6.92 Å². The summed E-state index contributed by atoms with van der Waals surface area (Å²) >= 11 is 1.48. The van der Waals surface area contributed by atoms with Crippen LogP contribution in [0.4, 0.5) is 5.00 Å². The van der Waals surface area contributed by atoms with Crippen molar-refractivity contribution < 1.29 is 19.1 Å². The van der Waals surface area contributed by atoms with Crippen molar-refractivity contribution in [1.29, 1.82) is 0 Å². The second-order valence-electron chi connectivity index (χ2n) is 7.44. The molecule has 1 amide bonds. The van der Waals surface area contributed by atoms with Crippen LogP contribution in [0.5, 0.6) is 5.75 Å². The molecule has 0 saturated carbocycles. The number of nitrogens with one attached hydrogen (secondary N) is 1. The van der Waals surface area contributed by atoms with Gasteiger partial charge in [-0.2, -0.15) is 0 Å². The molecule has 0 aliphatic heterocycles. The molecule has 1 N–H and O–H groups in total. The summed E-state index contributed by atoms with van der Waals surface area (Å²) in [5.74, 6) is 0.355. The summed E-state index contributed by atoms with van der Waals surface area (Å²) in [7, 11) is 1.37. The van der Waals surface area contributed by atoms with Crippen molar-refractivity contribution in [3.05, 3.63) is 45.3 Å². The summed E-state index contributed by atoms with van der Waals surface area (Å²) in [5, 5.41) is 3.44. The van der Waals surface area contributed by atoms with E-state index in [2.05, 4.69) is 19.2 Å². The summed E-state index contributed by atoms with van der Waals surface area (Å²) in [6.07, 6.45) is 3.95. The highest BCUT2D eigenvalue weighted by molar-refractivity contribution is 7.17. The molecule has 5 nitrogen and oxygen atoms in total. The Bertz CT molecular complexity index is 885. The number of esters is 1. The lowest BCUT2D eigenvalue weighted by atomic mass is 9.95. The summed E-state index contributed by atoms with van der Waals surface area (Å²) in [4.78, 5) is 26.0. The van der Waals surface area contributed by atoms with Gasteiger partial charge in [0, 0.05) is 4.88 Å². The lowest BCUT2D eigenvalue weighted by molar-refractivity contribution is -0.118. The first-order chi connectivity index (χ1) is 13.4. The molecule has 0 radical (unpaired) electrons. The number of benzene rings is 1. The van der Waals surface area contributed by atoms with Gasteiger partial charge in [-0.15, -0.1) is 11.3 Å². The molecule has 1 aliphatic rings. The molecule has 0 unspecified atom stereocenters. The Morgan fingerprint density at radius 2 is 1.96 bits per heavy atom. The van der Waals surface area contributed by atoms with Gasteiger partial charge < -0.3 is 14.8 Å². The zero-order chi connectivity index (χ0) is 20.3. The minimum absolute atomic E-state index is 0.105. The molecule has 0 spiro atoms. The maximum absolute atomic E-state index is 12.5. The quantitative estimate of drug-likeness (QED) is 0.702. The SMILES string of the molecule is COC(=O)c1c(NC(=O)COc2cc(C)ccc2C(C)C)sc2c1CCCC2. The van der Waals surface area contributed by atoms with Crippen molar-refractivity contribution in [2.45, 2.75) is 52.4 Å². The Labute approximate surface area is 170 Å². The molecule has 1 aliphatic carbocycles. The average Bonchev–Trinajstić information content (AvgIpc) is 3.03. The van der Waals surface area contributed by atoms with Crippen LogP contribution in [0.1, 0.15) is 64.5 Å². The topological polar surface area (TPSA) is 64.6 Å². The van der Waals surface area contributed by atoms with E-state index in [9.17, 15) is 9.59 Å². The number of carbonyl (C=O) groups is 2. The molecule has 0 bridgehead atoms. The van der Waals surface area contributed by atoms with E-state index < -0.39 is 5.97 Å². The predicted molar refractivity (Wildman–Crippen MR) is 112 cm³/mol. The normalized spacial score (nSPS) is 13.2. The fraction of sp³-hybridized carbons (Fsp3) is 0.455. The Morgan fingerprint density at radius 3 is 2.68 bits per heavy atom. The second-order valence-corrected chi connectivity index (χ2v) is 8.54. The number of rotatable bonds is 6. The molecule has 6 heteroatoms. The molecule has 1 aromatic carbocycles.